The number of hydrogen-bond acceptors (Lipinski definition) is 2. The third kappa shape index (κ3) is 3.41. The summed E-state index contributed by atoms with van der Waals surface area (Å²) in [6.07, 6.45) is -0.0960. The lowest BCUT2D eigenvalue weighted by atomic mass is 10.1. The summed E-state index contributed by atoms with van der Waals surface area (Å²) in [5.74, 6) is 3.88. The molecule has 15 heavy (non-hydrogen) atoms. The van der Waals surface area contributed by atoms with Gasteiger partial charge < -0.3 is 10.8 Å². The van der Waals surface area contributed by atoms with Crippen molar-refractivity contribution in [1.82, 2.24) is 0 Å². The first-order valence-electron chi connectivity index (χ1n) is 4.30. The number of amides is 1. The predicted octanol–water partition coefficient (Wildman–Crippen LogP) is 0.545. The van der Waals surface area contributed by atoms with Crippen molar-refractivity contribution in [3.8, 4) is 11.8 Å². The van der Waals surface area contributed by atoms with Crippen LogP contribution in [0.15, 0.2) is 18.2 Å². The van der Waals surface area contributed by atoms with Crippen LogP contribution in [0.3, 0.4) is 0 Å². The molecular weight excluding hydrogens is 197 g/mol. The number of carbonyl (C=O) groups is 1. The highest BCUT2D eigenvalue weighted by Crippen LogP contribution is 2.09. The first kappa shape index (κ1) is 11.2. The molecule has 1 amide bonds. The summed E-state index contributed by atoms with van der Waals surface area (Å²) in [4.78, 5) is 10.4. The van der Waals surface area contributed by atoms with Crippen LogP contribution in [0.4, 0.5) is 4.39 Å². The number of halogens is 1. The van der Waals surface area contributed by atoms with Gasteiger partial charge in [0.05, 0.1) is 18.6 Å². The maximum Gasteiger partial charge on any atom is 0.229 e. The van der Waals surface area contributed by atoms with Crippen LogP contribution in [0.1, 0.15) is 17.5 Å². The lowest BCUT2D eigenvalue weighted by Crippen LogP contribution is -2.08. The second kappa shape index (κ2) is 5.13. The minimum atomic E-state index is -0.546. The molecule has 0 saturated carbocycles. The molecule has 3 N–H and O–H groups in total. The predicted molar refractivity (Wildman–Crippen MR) is 53.0 cm³/mol. The molecule has 0 aromatic heterocycles. The molecule has 1 aromatic rings. The number of aliphatic hydroxyl groups is 1. The number of carbonyl (C=O) groups excluding carboxylic acids is 1. The number of benzene rings is 1. The van der Waals surface area contributed by atoms with Gasteiger partial charge in [-0.25, -0.2) is 4.39 Å². The summed E-state index contributed by atoms with van der Waals surface area (Å²) in [7, 11) is 0. The van der Waals surface area contributed by atoms with Gasteiger partial charge in [0, 0.05) is 0 Å². The Bertz CT molecular complexity index is 432. The summed E-state index contributed by atoms with van der Waals surface area (Å²) >= 11 is 0. The van der Waals surface area contributed by atoms with Crippen LogP contribution in [0.5, 0.6) is 0 Å². The van der Waals surface area contributed by atoms with Gasteiger partial charge in [-0.15, -0.1) is 0 Å². The van der Waals surface area contributed by atoms with Crippen molar-refractivity contribution in [3.05, 3.63) is 35.1 Å². The zero-order valence-corrected chi connectivity index (χ0v) is 7.96. The summed E-state index contributed by atoms with van der Waals surface area (Å²) in [6, 6.07) is 4.22. The maximum atomic E-state index is 13.2. The van der Waals surface area contributed by atoms with Gasteiger partial charge in [0.15, 0.2) is 0 Å². The molecule has 0 aliphatic carbocycles. The van der Waals surface area contributed by atoms with Crippen molar-refractivity contribution in [2.75, 3.05) is 0 Å². The fourth-order valence-corrected chi connectivity index (χ4v) is 0.985. The highest BCUT2D eigenvalue weighted by Gasteiger charge is 2.00. The minimum Gasteiger partial charge on any atom is -0.392 e. The van der Waals surface area contributed by atoms with Gasteiger partial charge in [0.25, 0.3) is 0 Å². The molecule has 0 fully saturated rings. The standard InChI is InChI=1S/C11H10FNO2/c12-10-6-8(7-14)4-5-9(10)2-1-3-11(13)15/h4-6,14H,3,7H2,(H2,13,15). The van der Waals surface area contributed by atoms with Crippen molar-refractivity contribution in [2.45, 2.75) is 13.0 Å². The zero-order valence-electron chi connectivity index (χ0n) is 7.96. The molecule has 0 radical (unpaired) electrons. The van der Waals surface area contributed by atoms with Gasteiger partial charge >= 0.3 is 0 Å². The lowest BCUT2D eigenvalue weighted by Gasteiger charge is -1.97. The van der Waals surface area contributed by atoms with E-state index in [2.05, 4.69) is 11.8 Å². The Hall–Kier alpha value is -1.86. The Labute approximate surface area is 86.7 Å². The van der Waals surface area contributed by atoms with Crippen LogP contribution in [-0.4, -0.2) is 11.0 Å². The average molecular weight is 207 g/mol. The topological polar surface area (TPSA) is 63.3 Å². The normalized spacial score (nSPS) is 9.20. The minimum absolute atomic E-state index is 0.0960. The number of rotatable bonds is 2. The second-order valence-electron chi connectivity index (χ2n) is 2.92. The molecule has 0 aliphatic rings. The first-order chi connectivity index (χ1) is 7.13. The Morgan fingerprint density at radius 3 is 2.80 bits per heavy atom. The molecular formula is C11H10FNO2. The molecule has 0 saturated heterocycles. The van der Waals surface area contributed by atoms with Gasteiger partial charge in [-0.1, -0.05) is 17.9 Å². The number of hydrogen-bond donors (Lipinski definition) is 2. The van der Waals surface area contributed by atoms with E-state index in [4.69, 9.17) is 10.8 Å². The van der Waals surface area contributed by atoms with E-state index in [1.165, 1.54) is 12.1 Å². The molecule has 3 nitrogen and oxygen atoms in total. The molecule has 0 spiro atoms. The van der Waals surface area contributed by atoms with Crippen molar-refractivity contribution in [3.63, 3.8) is 0 Å². The maximum absolute atomic E-state index is 13.2. The van der Waals surface area contributed by atoms with Crippen LogP contribution in [0.25, 0.3) is 0 Å². The SMILES string of the molecule is NC(=O)CC#Cc1ccc(CO)cc1F. The Morgan fingerprint density at radius 2 is 2.27 bits per heavy atom. The first-order valence-corrected chi connectivity index (χ1v) is 4.30. The van der Waals surface area contributed by atoms with Gasteiger partial charge in [-0.3, -0.25) is 4.79 Å². The smallest absolute Gasteiger partial charge is 0.229 e. The van der Waals surface area contributed by atoms with E-state index < -0.39 is 11.7 Å². The molecule has 0 aliphatic heterocycles. The fourth-order valence-electron chi connectivity index (χ4n) is 0.985. The zero-order chi connectivity index (χ0) is 11.3. The Balaban J connectivity index is 2.85. The molecule has 0 atom stereocenters. The quantitative estimate of drug-likeness (QED) is 0.695. The molecule has 1 rings (SSSR count). The molecule has 78 valence electrons. The van der Waals surface area contributed by atoms with E-state index in [9.17, 15) is 9.18 Å². The van der Waals surface area contributed by atoms with Crippen molar-refractivity contribution >= 4 is 5.91 Å². The van der Waals surface area contributed by atoms with Gasteiger partial charge in [-0.05, 0) is 17.7 Å². The summed E-state index contributed by atoms with van der Waals surface area (Å²) in [5.41, 5.74) is 5.54. The van der Waals surface area contributed by atoms with E-state index in [0.29, 0.717) is 5.56 Å². The number of aliphatic hydroxyl groups excluding tert-OH is 1. The summed E-state index contributed by atoms with van der Waals surface area (Å²) in [6.45, 7) is -0.216. The van der Waals surface area contributed by atoms with Crippen LogP contribution in [-0.2, 0) is 11.4 Å². The van der Waals surface area contributed by atoms with E-state index in [0.717, 1.165) is 0 Å². The third-order valence-electron chi connectivity index (χ3n) is 1.70. The highest BCUT2D eigenvalue weighted by molar-refractivity contribution is 5.76. The third-order valence-corrected chi connectivity index (χ3v) is 1.70. The monoisotopic (exact) mass is 207 g/mol. The highest BCUT2D eigenvalue weighted by atomic mass is 19.1. The Morgan fingerprint density at radius 1 is 1.53 bits per heavy atom. The van der Waals surface area contributed by atoms with E-state index >= 15 is 0 Å². The van der Waals surface area contributed by atoms with Crippen molar-refractivity contribution in [1.29, 1.82) is 0 Å². The largest absolute Gasteiger partial charge is 0.392 e. The summed E-state index contributed by atoms with van der Waals surface area (Å²) in [5, 5.41) is 8.74. The van der Waals surface area contributed by atoms with Gasteiger partial charge in [-0.2, -0.15) is 0 Å². The second-order valence-corrected chi connectivity index (χ2v) is 2.92. The fraction of sp³-hybridized carbons (Fsp3) is 0.182. The average Bonchev–Trinajstić information content (AvgIpc) is 2.20. The van der Waals surface area contributed by atoms with Gasteiger partial charge in [0.1, 0.15) is 5.82 Å². The lowest BCUT2D eigenvalue weighted by molar-refractivity contribution is -0.117. The van der Waals surface area contributed by atoms with Crippen LogP contribution < -0.4 is 5.73 Å². The molecule has 0 heterocycles. The van der Waals surface area contributed by atoms with Crippen LogP contribution >= 0.6 is 0 Å². The number of primary amides is 1. The van der Waals surface area contributed by atoms with E-state index in [1.54, 1.807) is 6.07 Å². The van der Waals surface area contributed by atoms with Crippen LogP contribution in [0, 0.1) is 17.7 Å². The van der Waals surface area contributed by atoms with Crippen LogP contribution in [0.2, 0.25) is 0 Å². The molecule has 4 heteroatoms. The summed E-state index contributed by atoms with van der Waals surface area (Å²) < 4.78 is 13.2. The molecule has 0 bridgehead atoms. The van der Waals surface area contributed by atoms with Gasteiger partial charge in [0.2, 0.25) is 5.91 Å². The number of nitrogens with two attached hydrogens (primary N) is 1. The van der Waals surface area contributed by atoms with Crippen molar-refractivity contribution < 1.29 is 14.3 Å². The van der Waals surface area contributed by atoms with Crippen molar-refractivity contribution in [2.24, 2.45) is 5.73 Å². The Kier molecular flexibility index (Phi) is 3.83. The molecule has 1 aromatic carbocycles. The van der Waals surface area contributed by atoms with E-state index in [-0.39, 0.29) is 18.6 Å². The molecule has 0 unspecified atom stereocenters. The van der Waals surface area contributed by atoms with E-state index in [1.807, 2.05) is 0 Å².